The van der Waals surface area contributed by atoms with E-state index in [0.717, 1.165) is 50.3 Å². The van der Waals surface area contributed by atoms with Crippen LogP contribution in [0.5, 0.6) is 5.75 Å². The number of rotatable bonds is 5. The third kappa shape index (κ3) is 4.20. The first-order chi connectivity index (χ1) is 19.4. The van der Waals surface area contributed by atoms with E-state index in [1.807, 2.05) is 43.3 Å². The highest BCUT2D eigenvalue weighted by Crippen LogP contribution is 2.40. The minimum absolute atomic E-state index is 0.0666. The van der Waals surface area contributed by atoms with Gasteiger partial charge < -0.3 is 15.0 Å². The van der Waals surface area contributed by atoms with Crippen LogP contribution in [0, 0.1) is 23.7 Å². The lowest BCUT2D eigenvalue weighted by atomic mass is 9.87. The van der Waals surface area contributed by atoms with Gasteiger partial charge in [0.25, 0.3) is 0 Å². The molecule has 5 heterocycles. The lowest BCUT2D eigenvalue weighted by molar-refractivity contribution is 0.369. The zero-order valence-corrected chi connectivity index (χ0v) is 23.4. The lowest BCUT2D eigenvalue weighted by Gasteiger charge is -2.25. The number of ether oxygens (including phenoxy) is 1. The molecule has 6 rings (SSSR count). The SMILES string of the molecule is COc1ccccc1-c1nc2c(cc1C#N)c(N1CCC3(CCNC3)C1)nc(=O)n2-c1c(C)ccnc1C(C)C. The van der Waals surface area contributed by atoms with E-state index in [1.165, 1.54) is 0 Å². The first-order valence-electron chi connectivity index (χ1n) is 13.8. The summed E-state index contributed by atoms with van der Waals surface area (Å²) in [5.74, 6) is 1.25. The number of nitriles is 1. The van der Waals surface area contributed by atoms with Gasteiger partial charge in [-0.2, -0.15) is 10.2 Å². The topological polar surface area (TPSA) is 109 Å². The van der Waals surface area contributed by atoms with Gasteiger partial charge in [0.2, 0.25) is 0 Å². The van der Waals surface area contributed by atoms with Crippen LogP contribution in [0.2, 0.25) is 0 Å². The standard InChI is InChI=1S/C31H33N7O2/c1-19(2)25-27(20(3)9-12-34-25)38-29-23(15-21(16-32)26(35-29)22-7-5-6-8-24(22)40-4)28(36-30(38)39)37-14-11-31(18-37)10-13-33-17-31/h5-9,12,15,19,33H,10-11,13-14,17-18H2,1-4H3. The van der Waals surface area contributed by atoms with Gasteiger partial charge in [0.1, 0.15) is 17.6 Å². The lowest BCUT2D eigenvalue weighted by Crippen LogP contribution is -2.33. The Morgan fingerprint density at radius 2 is 2.00 bits per heavy atom. The molecule has 0 radical (unpaired) electrons. The summed E-state index contributed by atoms with van der Waals surface area (Å²) in [5.41, 5.74) is 4.15. The maximum atomic E-state index is 14.0. The zero-order valence-electron chi connectivity index (χ0n) is 23.4. The van der Waals surface area contributed by atoms with Crippen LogP contribution in [0.15, 0.2) is 47.4 Å². The van der Waals surface area contributed by atoms with Crippen LogP contribution in [-0.4, -0.2) is 52.8 Å². The van der Waals surface area contributed by atoms with Gasteiger partial charge in [0, 0.05) is 36.8 Å². The molecule has 0 amide bonds. The third-order valence-corrected chi connectivity index (χ3v) is 8.33. The minimum atomic E-state index is -0.408. The van der Waals surface area contributed by atoms with E-state index in [9.17, 15) is 10.1 Å². The molecule has 2 saturated heterocycles. The molecule has 1 spiro atoms. The van der Waals surface area contributed by atoms with Gasteiger partial charge in [-0.05, 0) is 62.1 Å². The van der Waals surface area contributed by atoms with E-state index < -0.39 is 5.69 Å². The number of hydrogen-bond acceptors (Lipinski definition) is 8. The average molecular weight is 536 g/mol. The molecular weight excluding hydrogens is 502 g/mol. The van der Waals surface area contributed by atoms with Gasteiger partial charge in [-0.15, -0.1) is 0 Å². The van der Waals surface area contributed by atoms with Crippen LogP contribution in [0.4, 0.5) is 5.82 Å². The summed E-state index contributed by atoms with van der Waals surface area (Å²) in [5, 5.41) is 14.5. The fraction of sp³-hybridized carbons (Fsp3) is 0.387. The number of fused-ring (bicyclic) bond motifs is 1. The molecule has 9 heteroatoms. The van der Waals surface area contributed by atoms with Crippen LogP contribution in [-0.2, 0) is 0 Å². The fourth-order valence-corrected chi connectivity index (χ4v) is 6.25. The van der Waals surface area contributed by atoms with E-state index in [1.54, 1.807) is 17.9 Å². The van der Waals surface area contributed by atoms with Gasteiger partial charge in [0.05, 0.1) is 35.1 Å². The van der Waals surface area contributed by atoms with Crippen LogP contribution in [0.1, 0.15) is 49.4 Å². The molecule has 204 valence electrons. The number of nitrogens with zero attached hydrogens (tertiary/aromatic N) is 6. The highest BCUT2D eigenvalue weighted by Gasteiger charge is 2.41. The van der Waals surface area contributed by atoms with Crippen molar-refractivity contribution >= 4 is 16.9 Å². The summed E-state index contributed by atoms with van der Waals surface area (Å²) >= 11 is 0. The largest absolute Gasteiger partial charge is 0.496 e. The quantitative estimate of drug-likeness (QED) is 0.402. The molecule has 9 nitrogen and oxygen atoms in total. The smallest absolute Gasteiger partial charge is 0.355 e. The predicted molar refractivity (Wildman–Crippen MR) is 155 cm³/mol. The maximum absolute atomic E-state index is 14.0. The Morgan fingerprint density at radius 3 is 2.73 bits per heavy atom. The van der Waals surface area contributed by atoms with Crippen molar-refractivity contribution in [3.63, 3.8) is 0 Å². The third-order valence-electron chi connectivity index (χ3n) is 8.33. The highest BCUT2D eigenvalue weighted by molar-refractivity contribution is 5.92. The Labute approximate surface area is 233 Å². The molecule has 40 heavy (non-hydrogen) atoms. The van der Waals surface area contributed by atoms with Crippen molar-refractivity contribution in [2.24, 2.45) is 5.41 Å². The van der Waals surface area contributed by atoms with Crippen LogP contribution >= 0.6 is 0 Å². The number of benzene rings is 1. The zero-order chi connectivity index (χ0) is 28.0. The second kappa shape index (κ2) is 10.0. The Morgan fingerprint density at radius 1 is 1.18 bits per heavy atom. The first-order valence-corrected chi connectivity index (χ1v) is 13.8. The maximum Gasteiger partial charge on any atom is 0.355 e. The summed E-state index contributed by atoms with van der Waals surface area (Å²) in [7, 11) is 1.60. The fourth-order valence-electron chi connectivity index (χ4n) is 6.25. The molecule has 1 atom stereocenters. The predicted octanol–water partition coefficient (Wildman–Crippen LogP) is 4.34. The van der Waals surface area contributed by atoms with E-state index in [2.05, 4.69) is 40.1 Å². The molecule has 2 fully saturated rings. The summed E-state index contributed by atoms with van der Waals surface area (Å²) < 4.78 is 7.21. The van der Waals surface area contributed by atoms with Gasteiger partial charge in [-0.25, -0.2) is 14.3 Å². The summed E-state index contributed by atoms with van der Waals surface area (Å²) in [6.45, 7) is 9.66. The number of aromatic nitrogens is 4. The number of para-hydroxylation sites is 1. The van der Waals surface area contributed by atoms with Gasteiger partial charge in [-0.1, -0.05) is 26.0 Å². The van der Waals surface area contributed by atoms with Gasteiger partial charge in [0.15, 0.2) is 5.65 Å². The summed E-state index contributed by atoms with van der Waals surface area (Å²) in [4.78, 5) is 30.6. The number of anilines is 1. The molecule has 1 N–H and O–H groups in total. The number of pyridine rings is 2. The number of nitrogens with one attached hydrogen (secondary N) is 1. The van der Waals surface area contributed by atoms with Gasteiger partial charge >= 0.3 is 5.69 Å². The Hall–Kier alpha value is -4.29. The van der Waals surface area contributed by atoms with Crippen LogP contribution in [0.3, 0.4) is 0 Å². The van der Waals surface area contributed by atoms with Crippen molar-refractivity contribution in [3.05, 3.63) is 69.9 Å². The number of aryl methyl sites for hydroxylation is 1. The second-order valence-electron chi connectivity index (χ2n) is 11.2. The molecule has 4 aromatic rings. The van der Waals surface area contributed by atoms with E-state index in [0.29, 0.717) is 45.1 Å². The normalized spacial score (nSPS) is 18.6. The Bertz CT molecular complexity index is 1710. The second-order valence-corrected chi connectivity index (χ2v) is 11.2. The van der Waals surface area contributed by atoms with Crippen molar-refractivity contribution in [1.82, 2.24) is 24.8 Å². The molecule has 0 bridgehead atoms. The molecular formula is C31H33N7O2. The molecule has 0 aliphatic carbocycles. The minimum Gasteiger partial charge on any atom is -0.496 e. The molecule has 1 aromatic carbocycles. The van der Waals surface area contributed by atoms with Crippen molar-refractivity contribution < 1.29 is 4.74 Å². The van der Waals surface area contributed by atoms with E-state index in [4.69, 9.17) is 9.72 Å². The average Bonchev–Trinajstić information content (AvgIpc) is 3.61. The molecule has 3 aromatic heterocycles. The van der Waals surface area contributed by atoms with E-state index >= 15 is 0 Å². The van der Waals surface area contributed by atoms with Crippen molar-refractivity contribution in [3.8, 4) is 28.8 Å². The Balaban J connectivity index is 1.68. The number of hydrogen-bond donors (Lipinski definition) is 1. The molecule has 1 unspecified atom stereocenters. The molecule has 2 aliphatic heterocycles. The van der Waals surface area contributed by atoms with Crippen molar-refractivity contribution in [1.29, 1.82) is 5.26 Å². The highest BCUT2D eigenvalue weighted by atomic mass is 16.5. The summed E-state index contributed by atoms with van der Waals surface area (Å²) in [6.07, 6.45) is 3.90. The van der Waals surface area contributed by atoms with Crippen molar-refractivity contribution in [2.75, 3.05) is 38.2 Å². The van der Waals surface area contributed by atoms with Crippen LogP contribution < -0.4 is 20.6 Å². The van der Waals surface area contributed by atoms with Crippen molar-refractivity contribution in [2.45, 2.75) is 39.5 Å². The van der Waals surface area contributed by atoms with Crippen LogP contribution in [0.25, 0.3) is 28.0 Å². The summed E-state index contributed by atoms with van der Waals surface area (Å²) in [6, 6.07) is 13.6. The van der Waals surface area contributed by atoms with E-state index in [-0.39, 0.29) is 11.3 Å². The Kier molecular flexibility index (Phi) is 6.51. The monoisotopic (exact) mass is 535 g/mol. The number of methoxy groups -OCH3 is 1. The first kappa shape index (κ1) is 26.0. The molecule has 0 saturated carbocycles. The molecule has 2 aliphatic rings. The van der Waals surface area contributed by atoms with Gasteiger partial charge in [-0.3, -0.25) is 4.98 Å².